The van der Waals surface area contributed by atoms with Crippen molar-refractivity contribution < 1.29 is 14.7 Å². The number of aromatic amines is 1. The van der Waals surface area contributed by atoms with Crippen LogP contribution in [0, 0.1) is 13.8 Å². The Hall–Kier alpha value is -3.08. The first-order chi connectivity index (χ1) is 11.3. The highest BCUT2D eigenvalue weighted by Crippen LogP contribution is 2.35. The maximum absolute atomic E-state index is 12.3. The van der Waals surface area contributed by atoms with Crippen LogP contribution in [0.5, 0.6) is 0 Å². The van der Waals surface area contributed by atoms with Crippen molar-refractivity contribution in [2.75, 3.05) is 5.32 Å². The predicted molar refractivity (Wildman–Crippen MR) is 94.9 cm³/mol. The molecule has 2 heterocycles. The molecule has 0 bridgehead atoms. The number of carbonyl (C=O) groups is 2. The van der Waals surface area contributed by atoms with Crippen LogP contribution in [-0.4, -0.2) is 22.0 Å². The molecule has 0 spiro atoms. The van der Waals surface area contributed by atoms with Gasteiger partial charge in [-0.25, -0.2) is 4.79 Å². The van der Waals surface area contributed by atoms with Crippen molar-refractivity contribution in [3.05, 3.63) is 58.4 Å². The Balaban J connectivity index is 2.15. The lowest BCUT2D eigenvalue weighted by Crippen LogP contribution is -2.03. The quantitative estimate of drug-likeness (QED) is 0.751. The minimum atomic E-state index is -0.980. The lowest BCUT2D eigenvalue weighted by atomic mass is 9.99. The fourth-order valence-electron chi connectivity index (χ4n) is 2.98. The second-order valence-corrected chi connectivity index (χ2v) is 6.02. The van der Waals surface area contributed by atoms with Crippen molar-refractivity contribution in [2.24, 2.45) is 0 Å². The molecule has 0 saturated carbocycles. The number of hydrogen-bond donors (Lipinski definition) is 3. The molecule has 5 nitrogen and oxygen atoms in total. The molecular formula is C19H18N2O3. The lowest BCUT2D eigenvalue weighted by Gasteiger charge is -2.04. The highest BCUT2D eigenvalue weighted by Gasteiger charge is 2.25. The average Bonchev–Trinajstić information content (AvgIpc) is 2.96. The van der Waals surface area contributed by atoms with Crippen LogP contribution in [-0.2, 0) is 4.79 Å². The van der Waals surface area contributed by atoms with E-state index in [9.17, 15) is 14.7 Å². The Morgan fingerprint density at radius 2 is 2.00 bits per heavy atom. The Morgan fingerprint density at radius 1 is 1.29 bits per heavy atom. The Morgan fingerprint density at radius 3 is 2.58 bits per heavy atom. The minimum Gasteiger partial charge on any atom is -0.478 e. The fourth-order valence-corrected chi connectivity index (χ4v) is 2.98. The molecule has 0 saturated heterocycles. The molecule has 1 aromatic carbocycles. The molecule has 24 heavy (non-hydrogen) atoms. The van der Waals surface area contributed by atoms with Crippen LogP contribution in [0.25, 0.3) is 17.2 Å². The maximum atomic E-state index is 12.3. The largest absolute Gasteiger partial charge is 0.478 e. The van der Waals surface area contributed by atoms with Crippen LogP contribution in [0.4, 0.5) is 5.69 Å². The van der Waals surface area contributed by atoms with Crippen LogP contribution >= 0.6 is 0 Å². The summed E-state index contributed by atoms with van der Waals surface area (Å²) >= 11 is 0. The second-order valence-electron chi connectivity index (χ2n) is 6.02. The molecule has 0 unspecified atom stereocenters. The summed E-state index contributed by atoms with van der Waals surface area (Å²) in [5, 5.41) is 12.1. The summed E-state index contributed by atoms with van der Waals surface area (Å²) in [6, 6.07) is 5.69. The first kappa shape index (κ1) is 15.8. The number of H-pyrrole nitrogens is 1. The van der Waals surface area contributed by atoms with Gasteiger partial charge in [0, 0.05) is 22.6 Å². The zero-order valence-corrected chi connectivity index (χ0v) is 13.8. The summed E-state index contributed by atoms with van der Waals surface area (Å²) in [6.45, 7) is 9.28. The van der Waals surface area contributed by atoms with Gasteiger partial charge in [0.15, 0.2) is 0 Å². The first-order valence-electron chi connectivity index (χ1n) is 7.55. The van der Waals surface area contributed by atoms with E-state index in [1.165, 1.54) is 0 Å². The molecular weight excluding hydrogens is 304 g/mol. The number of benzene rings is 1. The summed E-state index contributed by atoms with van der Waals surface area (Å²) < 4.78 is 0. The number of carboxylic acids is 1. The van der Waals surface area contributed by atoms with Gasteiger partial charge in [0.25, 0.3) is 5.91 Å². The van der Waals surface area contributed by atoms with Crippen molar-refractivity contribution in [3.8, 4) is 0 Å². The van der Waals surface area contributed by atoms with Gasteiger partial charge in [-0.1, -0.05) is 18.2 Å². The van der Waals surface area contributed by atoms with Crippen molar-refractivity contribution in [1.82, 2.24) is 4.98 Å². The number of nitrogens with one attached hydrogen (secondary N) is 2. The van der Waals surface area contributed by atoms with Gasteiger partial charge >= 0.3 is 5.97 Å². The SMILES string of the molecule is C=C(C)c1ccc2c(c1)/C(=C/c1[nH]c(C)c(C(=O)O)c1C)C(=O)N2. The van der Waals surface area contributed by atoms with E-state index < -0.39 is 5.97 Å². The monoisotopic (exact) mass is 322 g/mol. The number of anilines is 1. The summed E-state index contributed by atoms with van der Waals surface area (Å²) in [5.74, 6) is -1.18. The Kier molecular flexibility index (Phi) is 3.64. The predicted octanol–water partition coefficient (Wildman–Crippen LogP) is 3.86. The van der Waals surface area contributed by atoms with Crippen LogP contribution < -0.4 is 5.32 Å². The van der Waals surface area contributed by atoms with Gasteiger partial charge in [-0.3, -0.25) is 4.79 Å². The number of aromatic carboxylic acids is 1. The average molecular weight is 322 g/mol. The molecule has 1 amide bonds. The van der Waals surface area contributed by atoms with Gasteiger partial charge in [-0.05, 0) is 50.1 Å². The minimum absolute atomic E-state index is 0.201. The van der Waals surface area contributed by atoms with E-state index in [2.05, 4.69) is 16.9 Å². The smallest absolute Gasteiger partial charge is 0.337 e. The Bertz CT molecular complexity index is 932. The number of amides is 1. The van der Waals surface area contributed by atoms with E-state index in [0.717, 1.165) is 22.4 Å². The highest BCUT2D eigenvalue weighted by atomic mass is 16.4. The van der Waals surface area contributed by atoms with E-state index in [0.29, 0.717) is 22.5 Å². The van der Waals surface area contributed by atoms with E-state index >= 15 is 0 Å². The Labute approximate surface area is 139 Å². The molecule has 1 aliphatic heterocycles. The van der Waals surface area contributed by atoms with Gasteiger partial charge in [-0.2, -0.15) is 0 Å². The number of allylic oxidation sites excluding steroid dienone is 1. The van der Waals surface area contributed by atoms with Crippen molar-refractivity contribution in [1.29, 1.82) is 0 Å². The summed E-state index contributed by atoms with van der Waals surface area (Å²) in [5.41, 5.74) is 5.98. The number of hydrogen-bond acceptors (Lipinski definition) is 2. The van der Waals surface area contributed by atoms with E-state index in [1.54, 1.807) is 19.9 Å². The van der Waals surface area contributed by atoms with E-state index in [1.807, 2.05) is 25.1 Å². The molecule has 5 heteroatoms. The van der Waals surface area contributed by atoms with Gasteiger partial charge in [0.2, 0.25) is 0 Å². The molecule has 3 N–H and O–H groups in total. The zero-order chi connectivity index (χ0) is 17.6. The molecule has 0 atom stereocenters. The number of aryl methyl sites for hydroxylation is 1. The third kappa shape index (κ3) is 2.44. The number of aromatic nitrogens is 1. The molecule has 0 radical (unpaired) electrons. The molecule has 1 aliphatic rings. The third-order valence-electron chi connectivity index (χ3n) is 4.27. The van der Waals surface area contributed by atoms with Crippen molar-refractivity contribution >= 4 is 34.8 Å². The van der Waals surface area contributed by atoms with E-state index in [-0.39, 0.29) is 11.5 Å². The molecule has 2 aromatic rings. The standard InChI is InChI=1S/C19H18N2O3/c1-9(2)12-5-6-15-13(7-12)14(18(22)21-15)8-16-10(3)17(19(23)24)11(4)20-16/h5-8,20H,1H2,2-4H3,(H,21,22)(H,23,24)/b14-8-. The van der Waals surface area contributed by atoms with E-state index in [4.69, 9.17) is 0 Å². The maximum Gasteiger partial charge on any atom is 0.337 e. The van der Waals surface area contributed by atoms with Gasteiger partial charge < -0.3 is 15.4 Å². The second kappa shape index (κ2) is 5.53. The van der Waals surface area contributed by atoms with Gasteiger partial charge in [0.05, 0.1) is 11.1 Å². The molecule has 3 rings (SSSR count). The number of carboxylic acid groups (broad SMARTS) is 1. The normalized spacial score (nSPS) is 14.6. The zero-order valence-electron chi connectivity index (χ0n) is 13.8. The third-order valence-corrected chi connectivity index (χ3v) is 4.27. The van der Waals surface area contributed by atoms with Gasteiger partial charge in [0.1, 0.15) is 0 Å². The topological polar surface area (TPSA) is 82.2 Å². The lowest BCUT2D eigenvalue weighted by molar-refractivity contribution is -0.110. The first-order valence-corrected chi connectivity index (χ1v) is 7.55. The van der Waals surface area contributed by atoms with Crippen LogP contribution in [0.15, 0.2) is 24.8 Å². The summed E-state index contributed by atoms with van der Waals surface area (Å²) in [4.78, 5) is 26.7. The fraction of sp³-hybridized carbons (Fsp3) is 0.158. The van der Waals surface area contributed by atoms with Crippen molar-refractivity contribution in [2.45, 2.75) is 20.8 Å². The summed E-state index contributed by atoms with van der Waals surface area (Å²) in [7, 11) is 0. The number of fused-ring (bicyclic) bond motifs is 1. The van der Waals surface area contributed by atoms with Crippen LogP contribution in [0.2, 0.25) is 0 Å². The molecule has 0 aliphatic carbocycles. The molecule has 0 fully saturated rings. The molecule has 122 valence electrons. The number of carbonyl (C=O) groups excluding carboxylic acids is 1. The number of rotatable bonds is 3. The summed E-state index contributed by atoms with van der Waals surface area (Å²) in [6.07, 6.45) is 1.71. The molecule has 1 aromatic heterocycles. The van der Waals surface area contributed by atoms with Crippen LogP contribution in [0.1, 0.15) is 45.4 Å². The van der Waals surface area contributed by atoms with Gasteiger partial charge in [-0.15, -0.1) is 0 Å². The highest BCUT2D eigenvalue weighted by molar-refractivity contribution is 6.35. The van der Waals surface area contributed by atoms with Crippen LogP contribution in [0.3, 0.4) is 0 Å². The van der Waals surface area contributed by atoms with Crippen molar-refractivity contribution in [3.63, 3.8) is 0 Å².